The fraction of sp³-hybridized carbons (Fsp3) is 0.941. The first-order valence-electron chi connectivity index (χ1n) is 9.05. The van der Waals surface area contributed by atoms with Crippen LogP contribution >= 0.6 is 24.0 Å². The first-order chi connectivity index (χ1) is 10.6. The van der Waals surface area contributed by atoms with Crippen molar-refractivity contribution in [2.24, 2.45) is 10.9 Å². The number of hydrogen-bond donors (Lipinski definition) is 2. The van der Waals surface area contributed by atoms with Crippen LogP contribution in [0.5, 0.6) is 0 Å². The SMILES string of the molecule is CCC(CC)CNC(=NC)NCC(C)N1CCN(CC)CC1.I. The minimum absolute atomic E-state index is 0. The first kappa shape index (κ1) is 22.9. The van der Waals surface area contributed by atoms with Gasteiger partial charge in [-0.3, -0.25) is 9.89 Å². The number of hydrogen-bond acceptors (Lipinski definition) is 3. The molecule has 6 heteroatoms. The number of halogens is 1. The molecule has 0 aromatic rings. The molecule has 0 saturated carbocycles. The maximum Gasteiger partial charge on any atom is 0.191 e. The number of likely N-dealkylation sites (N-methyl/N-ethyl adjacent to an activating group) is 1. The lowest BCUT2D eigenvalue weighted by Crippen LogP contribution is -2.53. The normalized spacial score (nSPS) is 18.6. The number of aliphatic imine (C=N–C) groups is 1. The van der Waals surface area contributed by atoms with Gasteiger partial charge in [-0.1, -0.05) is 33.6 Å². The predicted molar refractivity (Wildman–Crippen MR) is 112 cm³/mol. The quantitative estimate of drug-likeness (QED) is 0.346. The summed E-state index contributed by atoms with van der Waals surface area (Å²) in [6.07, 6.45) is 2.44. The van der Waals surface area contributed by atoms with Gasteiger partial charge in [-0.15, -0.1) is 24.0 Å². The van der Waals surface area contributed by atoms with E-state index < -0.39 is 0 Å². The van der Waals surface area contributed by atoms with Crippen LogP contribution < -0.4 is 10.6 Å². The van der Waals surface area contributed by atoms with Gasteiger partial charge in [0.25, 0.3) is 0 Å². The number of guanidine groups is 1. The van der Waals surface area contributed by atoms with E-state index in [4.69, 9.17) is 0 Å². The summed E-state index contributed by atoms with van der Waals surface area (Å²) < 4.78 is 0. The van der Waals surface area contributed by atoms with E-state index in [9.17, 15) is 0 Å². The second-order valence-electron chi connectivity index (χ2n) is 6.34. The smallest absolute Gasteiger partial charge is 0.191 e. The van der Waals surface area contributed by atoms with Crippen LogP contribution in [0.3, 0.4) is 0 Å². The van der Waals surface area contributed by atoms with Crippen LogP contribution in [-0.4, -0.2) is 74.7 Å². The molecular weight excluding hydrogens is 401 g/mol. The van der Waals surface area contributed by atoms with Gasteiger partial charge in [0.1, 0.15) is 0 Å². The minimum atomic E-state index is 0. The summed E-state index contributed by atoms with van der Waals surface area (Å²) in [5.74, 6) is 1.67. The van der Waals surface area contributed by atoms with Crippen molar-refractivity contribution in [3.63, 3.8) is 0 Å². The Labute approximate surface area is 160 Å². The highest BCUT2D eigenvalue weighted by Crippen LogP contribution is 2.06. The second kappa shape index (κ2) is 13.2. The van der Waals surface area contributed by atoms with Crippen LogP contribution in [0.1, 0.15) is 40.5 Å². The largest absolute Gasteiger partial charge is 0.356 e. The third-order valence-corrected chi connectivity index (χ3v) is 4.98. The van der Waals surface area contributed by atoms with E-state index in [0.29, 0.717) is 6.04 Å². The zero-order valence-corrected chi connectivity index (χ0v) is 18.1. The van der Waals surface area contributed by atoms with Crippen molar-refractivity contribution in [2.45, 2.75) is 46.6 Å². The Kier molecular flexibility index (Phi) is 13.2. The molecule has 0 amide bonds. The maximum absolute atomic E-state index is 4.34. The minimum Gasteiger partial charge on any atom is -0.356 e. The van der Waals surface area contributed by atoms with Gasteiger partial charge in [0.2, 0.25) is 0 Å². The summed E-state index contributed by atoms with van der Waals surface area (Å²) in [5, 5.41) is 6.94. The molecule has 1 saturated heterocycles. The molecule has 1 rings (SSSR count). The van der Waals surface area contributed by atoms with E-state index in [-0.39, 0.29) is 24.0 Å². The van der Waals surface area contributed by atoms with Crippen molar-refractivity contribution >= 4 is 29.9 Å². The summed E-state index contributed by atoms with van der Waals surface area (Å²) >= 11 is 0. The fourth-order valence-corrected chi connectivity index (χ4v) is 2.93. The summed E-state index contributed by atoms with van der Waals surface area (Å²) in [5.41, 5.74) is 0. The zero-order chi connectivity index (χ0) is 16.4. The van der Waals surface area contributed by atoms with E-state index >= 15 is 0 Å². The number of piperazine rings is 1. The van der Waals surface area contributed by atoms with Gasteiger partial charge >= 0.3 is 0 Å². The molecule has 1 fully saturated rings. The predicted octanol–water partition coefficient (Wildman–Crippen LogP) is 2.23. The Morgan fingerprint density at radius 1 is 1.00 bits per heavy atom. The molecular formula is C17H38IN5. The molecule has 0 aliphatic carbocycles. The Balaban J connectivity index is 0.00000484. The third kappa shape index (κ3) is 8.54. The van der Waals surface area contributed by atoms with E-state index in [2.05, 4.69) is 53.1 Å². The lowest BCUT2D eigenvalue weighted by atomic mass is 10.0. The van der Waals surface area contributed by atoms with Gasteiger partial charge in [0, 0.05) is 52.4 Å². The van der Waals surface area contributed by atoms with Crippen LogP contribution in [0.25, 0.3) is 0 Å². The summed E-state index contributed by atoms with van der Waals surface area (Å²) in [4.78, 5) is 9.44. The average molecular weight is 439 g/mol. The third-order valence-electron chi connectivity index (χ3n) is 4.98. The molecule has 0 radical (unpaired) electrons. The number of nitrogens with one attached hydrogen (secondary N) is 2. The van der Waals surface area contributed by atoms with Crippen LogP contribution in [-0.2, 0) is 0 Å². The number of nitrogens with zero attached hydrogens (tertiary/aromatic N) is 3. The van der Waals surface area contributed by atoms with Gasteiger partial charge in [0.05, 0.1) is 0 Å². The Morgan fingerprint density at radius 3 is 2.04 bits per heavy atom. The molecule has 138 valence electrons. The molecule has 0 aromatic carbocycles. The topological polar surface area (TPSA) is 42.9 Å². The summed E-state index contributed by atoms with van der Waals surface area (Å²) in [7, 11) is 1.85. The van der Waals surface area contributed by atoms with Crippen LogP contribution in [0.2, 0.25) is 0 Å². The average Bonchev–Trinajstić information content (AvgIpc) is 2.58. The van der Waals surface area contributed by atoms with E-state index in [1.807, 2.05) is 7.05 Å². The maximum atomic E-state index is 4.34. The van der Waals surface area contributed by atoms with Gasteiger partial charge in [-0.2, -0.15) is 0 Å². The van der Waals surface area contributed by atoms with Crippen molar-refractivity contribution in [3.8, 4) is 0 Å². The highest BCUT2D eigenvalue weighted by atomic mass is 127. The van der Waals surface area contributed by atoms with Crippen molar-refractivity contribution in [3.05, 3.63) is 0 Å². The van der Waals surface area contributed by atoms with Gasteiger partial charge < -0.3 is 15.5 Å². The van der Waals surface area contributed by atoms with Crippen molar-refractivity contribution in [2.75, 3.05) is 52.9 Å². The Morgan fingerprint density at radius 2 is 1.57 bits per heavy atom. The van der Waals surface area contributed by atoms with Crippen LogP contribution in [0.4, 0.5) is 0 Å². The highest BCUT2D eigenvalue weighted by Gasteiger charge is 2.20. The van der Waals surface area contributed by atoms with Crippen molar-refractivity contribution in [1.82, 2.24) is 20.4 Å². The molecule has 0 aromatic heterocycles. The molecule has 5 nitrogen and oxygen atoms in total. The van der Waals surface area contributed by atoms with Gasteiger partial charge in [-0.05, 0) is 19.4 Å². The summed E-state index contributed by atoms with van der Waals surface area (Å²) in [6, 6.07) is 0.547. The van der Waals surface area contributed by atoms with Crippen LogP contribution in [0, 0.1) is 5.92 Å². The Bertz CT molecular complexity index is 312. The van der Waals surface area contributed by atoms with Gasteiger partial charge in [-0.25, -0.2) is 0 Å². The van der Waals surface area contributed by atoms with Crippen molar-refractivity contribution in [1.29, 1.82) is 0 Å². The van der Waals surface area contributed by atoms with E-state index in [1.54, 1.807) is 0 Å². The monoisotopic (exact) mass is 439 g/mol. The zero-order valence-electron chi connectivity index (χ0n) is 15.8. The molecule has 1 atom stereocenters. The standard InChI is InChI=1S/C17H37N5.HI/c1-6-16(7-2)14-20-17(18-5)19-13-15(4)22-11-9-21(8-3)10-12-22;/h15-16H,6-14H2,1-5H3,(H2,18,19,20);1H. The Hall–Kier alpha value is -0.0800. The molecule has 23 heavy (non-hydrogen) atoms. The molecule has 2 N–H and O–H groups in total. The second-order valence-corrected chi connectivity index (χ2v) is 6.34. The van der Waals surface area contributed by atoms with Crippen LogP contribution in [0.15, 0.2) is 4.99 Å². The van der Waals surface area contributed by atoms with Gasteiger partial charge in [0.15, 0.2) is 5.96 Å². The molecule has 0 spiro atoms. The fourth-order valence-electron chi connectivity index (χ4n) is 2.93. The molecule has 1 heterocycles. The lowest BCUT2D eigenvalue weighted by molar-refractivity contribution is 0.107. The molecule has 0 bridgehead atoms. The first-order valence-corrected chi connectivity index (χ1v) is 9.05. The lowest BCUT2D eigenvalue weighted by Gasteiger charge is -2.37. The molecule has 1 unspecified atom stereocenters. The molecule has 1 aliphatic rings. The highest BCUT2D eigenvalue weighted by molar-refractivity contribution is 14.0. The van der Waals surface area contributed by atoms with E-state index in [1.165, 1.54) is 45.6 Å². The number of rotatable bonds is 8. The van der Waals surface area contributed by atoms with Crippen molar-refractivity contribution < 1.29 is 0 Å². The summed E-state index contributed by atoms with van der Waals surface area (Å²) in [6.45, 7) is 16.9. The molecule has 1 aliphatic heterocycles. The van der Waals surface area contributed by atoms with E-state index in [0.717, 1.165) is 25.0 Å².